The predicted molar refractivity (Wildman–Crippen MR) is 92.9 cm³/mol. The molecule has 2 fully saturated rings. The third kappa shape index (κ3) is 3.15. The second-order valence-electron chi connectivity index (χ2n) is 7.08. The fourth-order valence-corrected chi connectivity index (χ4v) is 5.53. The fourth-order valence-electron chi connectivity index (χ4n) is 4.01. The van der Waals surface area contributed by atoms with Crippen LogP contribution < -0.4 is 4.74 Å². The van der Waals surface area contributed by atoms with Crippen LogP contribution in [0.1, 0.15) is 31.2 Å². The summed E-state index contributed by atoms with van der Waals surface area (Å²) in [5, 5.41) is 0. The van der Waals surface area contributed by atoms with Crippen LogP contribution in [0.15, 0.2) is 23.1 Å². The van der Waals surface area contributed by atoms with Crippen LogP contribution in [0.4, 0.5) is 0 Å². The van der Waals surface area contributed by atoms with Crippen molar-refractivity contribution in [3.8, 4) is 5.75 Å². The van der Waals surface area contributed by atoms with E-state index in [4.69, 9.17) is 4.74 Å². The third-order valence-corrected chi connectivity index (χ3v) is 7.41. The van der Waals surface area contributed by atoms with Crippen molar-refractivity contribution in [1.29, 1.82) is 0 Å². The third-order valence-electron chi connectivity index (χ3n) is 5.52. The molecule has 1 aromatic carbocycles. The van der Waals surface area contributed by atoms with Gasteiger partial charge in [0.1, 0.15) is 5.75 Å². The number of carbonyl (C=O) groups is 1. The van der Waals surface area contributed by atoms with E-state index < -0.39 is 10.0 Å². The molecule has 1 amide bonds. The monoisotopic (exact) mass is 364 g/mol. The molecule has 0 N–H and O–H groups in total. The molecule has 6 nitrogen and oxygen atoms in total. The van der Waals surface area contributed by atoms with Crippen LogP contribution in [0, 0.1) is 5.92 Å². The first-order chi connectivity index (χ1) is 12.1. The minimum absolute atomic E-state index is 0.0297. The molecule has 2 saturated heterocycles. The molecule has 3 aliphatic heterocycles. The maximum atomic E-state index is 12.9. The number of hydrogen-bond acceptors (Lipinski definition) is 4. The maximum absolute atomic E-state index is 12.9. The van der Waals surface area contributed by atoms with Gasteiger partial charge in [-0.1, -0.05) is 0 Å². The molecule has 136 valence electrons. The van der Waals surface area contributed by atoms with E-state index in [2.05, 4.69) is 0 Å². The van der Waals surface area contributed by atoms with Gasteiger partial charge in [-0.05, 0) is 49.4 Å². The lowest BCUT2D eigenvalue weighted by Gasteiger charge is -2.32. The summed E-state index contributed by atoms with van der Waals surface area (Å²) >= 11 is 0. The van der Waals surface area contributed by atoms with Crippen LogP contribution in [-0.2, 0) is 21.2 Å². The molecule has 0 aromatic heterocycles. The van der Waals surface area contributed by atoms with E-state index in [9.17, 15) is 13.2 Å². The molecular weight excluding hydrogens is 340 g/mol. The zero-order valence-corrected chi connectivity index (χ0v) is 15.1. The Labute approximate surface area is 148 Å². The Morgan fingerprint density at radius 3 is 2.52 bits per heavy atom. The van der Waals surface area contributed by atoms with E-state index in [1.54, 1.807) is 18.2 Å². The number of carbonyl (C=O) groups excluding carboxylic acids is 1. The second-order valence-corrected chi connectivity index (χ2v) is 9.02. The van der Waals surface area contributed by atoms with Gasteiger partial charge in [-0.25, -0.2) is 8.42 Å². The van der Waals surface area contributed by atoms with Crippen molar-refractivity contribution in [3.05, 3.63) is 23.8 Å². The summed E-state index contributed by atoms with van der Waals surface area (Å²) in [6.45, 7) is 3.16. The molecule has 0 unspecified atom stereocenters. The molecule has 7 heteroatoms. The van der Waals surface area contributed by atoms with Gasteiger partial charge in [0.05, 0.1) is 11.5 Å². The molecule has 0 atom stereocenters. The molecule has 1 aromatic rings. The molecular formula is C18H24N2O4S. The van der Waals surface area contributed by atoms with Crippen molar-refractivity contribution in [2.45, 2.75) is 37.0 Å². The van der Waals surface area contributed by atoms with Crippen molar-refractivity contribution in [3.63, 3.8) is 0 Å². The highest BCUT2D eigenvalue weighted by Crippen LogP contribution is 2.31. The van der Waals surface area contributed by atoms with Gasteiger partial charge < -0.3 is 9.64 Å². The average molecular weight is 364 g/mol. The maximum Gasteiger partial charge on any atom is 0.243 e. The van der Waals surface area contributed by atoms with E-state index in [0.717, 1.165) is 43.7 Å². The van der Waals surface area contributed by atoms with Crippen LogP contribution in [0.2, 0.25) is 0 Å². The molecule has 0 bridgehead atoms. The SMILES string of the molecule is O=C(C1CCN(S(=O)(=O)c2ccc3c(c2)CCO3)CC1)N1CCCC1. The Balaban J connectivity index is 1.43. The zero-order valence-electron chi connectivity index (χ0n) is 14.3. The second kappa shape index (κ2) is 6.61. The standard InChI is InChI=1S/C18H24N2O4S/c21-18(19-8-1-2-9-19)14-5-10-20(11-6-14)25(22,23)16-3-4-17-15(13-16)7-12-24-17/h3-4,13-14H,1-2,5-12H2. The van der Waals surface area contributed by atoms with Crippen molar-refractivity contribution in [2.75, 3.05) is 32.8 Å². The van der Waals surface area contributed by atoms with Crippen LogP contribution in [-0.4, -0.2) is 56.3 Å². The van der Waals surface area contributed by atoms with Gasteiger partial charge in [-0.3, -0.25) is 4.79 Å². The first-order valence-electron chi connectivity index (χ1n) is 9.10. The van der Waals surface area contributed by atoms with Gasteiger partial charge >= 0.3 is 0 Å². The number of fused-ring (bicyclic) bond motifs is 1. The van der Waals surface area contributed by atoms with Crippen LogP contribution in [0.25, 0.3) is 0 Å². The lowest BCUT2D eigenvalue weighted by molar-refractivity contribution is -0.135. The molecule has 3 heterocycles. The van der Waals surface area contributed by atoms with Crippen molar-refractivity contribution in [2.24, 2.45) is 5.92 Å². The van der Waals surface area contributed by atoms with E-state index >= 15 is 0 Å². The lowest BCUT2D eigenvalue weighted by atomic mass is 9.97. The molecule has 0 radical (unpaired) electrons. The van der Waals surface area contributed by atoms with E-state index in [-0.39, 0.29) is 11.8 Å². The number of amides is 1. The quantitative estimate of drug-likeness (QED) is 0.818. The van der Waals surface area contributed by atoms with E-state index in [1.165, 1.54) is 4.31 Å². The Kier molecular flexibility index (Phi) is 4.45. The van der Waals surface area contributed by atoms with Crippen LogP contribution in [0.3, 0.4) is 0 Å². The van der Waals surface area contributed by atoms with Crippen LogP contribution in [0.5, 0.6) is 5.75 Å². The molecule has 3 aliphatic rings. The first kappa shape index (κ1) is 16.8. The van der Waals surface area contributed by atoms with Gasteiger partial charge in [0.2, 0.25) is 15.9 Å². The van der Waals surface area contributed by atoms with Gasteiger partial charge in [0.25, 0.3) is 0 Å². The number of ether oxygens (including phenoxy) is 1. The minimum Gasteiger partial charge on any atom is -0.493 e. The number of rotatable bonds is 3. The molecule has 0 aliphatic carbocycles. The number of benzene rings is 1. The summed E-state index contributed by atoms with van der Waals surface area (Å²) in [5.74, 6) is 0.969. The average Bonchev–Trinajstić information content (AvgIpc) is 3.32. The fraction of sp³-hybridized carbons (Fsp3) is 0.611. The summed E-state index contributed by atoms with van der Waals surface area (Å²) in [7, 11) is -3.50. The Morgan fingerprint density at radius 2 is 1.80 bits per heavy atom. The molecule has 4 rings (SSSR count). The number of piperidine rings is 1. The van der Waals surface area contributed by atoms with Gasteiger partial charge in [-0.2, -0.15) is 4.31 Å². The predicted octanol–water partition coefficient (Wildman–Crippen LogP) is 1.64. The van der Waals surface area contributed by atoms with Crippen LogP contribution >= 0.6 is 0 Å². The number of sulfonamides is 1. The summed E-state index contributed by atoms with van der Waals surface area (Å²) in [6, 6.07) is 5.11. The number of nitrogens with zero attached hydrogens (tertiary/aromatic N) is 2. The van der Waals surface area contributed by atoms with Crippen molar-refractivity contribution < 1.29 is 17.9 Å². The largest absolute Gasteiger partial charge is 0.493 e. The smallest absolute Gasteiger partial charge is 0.243 e. The minimum atomic E-state index is -3.50. The summed E-state index contributed by atoms with van der Waals surface area (Å²) in [5.41, 5.74) is 0.958. The Hall–Kier alpha value is -1.60. The number of hydrogen-bond donors (Lipinski definition) is 0. The Bertz CT molecular complexity index is 763. The molecule has 0 saturated carbocycles. The lowest BCUT2D eigenvalue weighted by Crippen LogP contribution is -2.43. The summed E-state index contributed by atoms with van der Waals surface area (Å²) in [6.07, 6.45) is 4.15. The summed E-state index contributed by atoms with van der Waals surface area (Å²) < 4.78 is 32.8. The highest BCUT2D eigenvalue weighted by Gasteiger charge is 2.34. The van der Waals surface area contributed by atoms with Gasteiger partial charge in [0.15, 0.2) is 0 Å². The molecule has 0 spiro atoms. The van der Waals surface area contributed by atoms with Crippen molar-refractivity contribution >= 4 is 15.9 Å². The van der Waals surface area contributed by atoms with E-state index in [0.29, 0.717) is 37.4 Å². The molecule has 25 heavy (non-hydrogen) atoms. The first-order valence-corrected chi connectivity index (χ1v) is 10.5. The highest BCUT2D eigenvalue weighted by molar-refractivity contribution is 7.89. The topological polar surface area (TPSA) is 66.9 Å². The number of likely N-dealkylation sites (tertiary alicyclic amines) is 1. The van der Waals surface area contributed by atoms with E-state index in [1.807, 2.05) is 4.90 Å². The zero-order chi connectivity index (χ0) is 17.4. The van der Waals surface area contributed by atoms with Gasteiger partial charge in [0, 0.05) is 38.5 Å². The normalized spacial score (nSPS) is 22.0. The van der Waals surface area contributed by atoms with Gasteiger partial charge in [-0.15, -0.1) is 0 Å². The Morgan fingerprint density at radius 1 is 1.08 bits per heavy atom. The summed E-state index contributed by atoms with van der Waals surface area (Å²) in [4.78, 5) is 14.8. The highest BCUT2D eigenvalue weighted by atomic mass is 32.2. The van der Waals surface area contributed by atoms with Crippen molar-refractivity contribution in [1.82, 2.24) is 9.21 Å².